The number of likely N-dealkylation sites (N-methyl/N-ethyl adjacent to an activating group) is 1. The summed E-state index contributed by atoms with van der Waals surface area (Å²) >= 11 is 0. The van der Waals surface area contributed by atoms with E-state index in [1.165, 1.54) is 0 Å². The third kappa shape index (κ3) is 3.35. The Balaban J connectivity index is 1.65. The van der Waals surface area contributed by atoms with E-state index in [9.17, 15) is 9.59 Å². The summed E-state index contributed by atoms with van der Waals surface area (Å²) in [5, 5.41) is 3.61. The molecule has 0 radical (unpaired) electrons. The van der Waals surface area contributed by atoms with Crippen molar-refractivity contribution in [1.82, 2.24) is 15.2 Å². The maximum Gasteiger partial charge on any atom is 0.339 e. The lowest BCUT2D eigenvalue weighted by atomic mass is 9.96. The molecule has 25 heavy (non-hydrogen) atoms. The Morgan fingerprint density at radius 2 is 2.12 bits per heavy atom. The quantitative estimate of drug-likeness (QED) is 0.858. The Bertz CT molecular complexity index is 845. The van der Waals surface area contributed by atoms with Gasteiger partial charge in [0.15, 0.2) is 6.61 Å². The number of nitrogens with one attached hydrogen (secondary N) is 1. The number of nitrogens with zero attached hydrogens (tertiary/aromatic N) is 2. The zero-order valence-electron chi connectivity index (χ0n) is 14.2. The fourth-order valence-electron chi connectivity index (χ4n) is 3.26. The Morgan fingerprint density at radius 1 is 1.32 bits per heavy atom. The van der Waals surface area contributed by atoms with Crippen molar-refractivity contribution in [2.75, 3.05) is 20.2 Å². The van der Waals surface area contributed by atoms with E-state index < -0.39 is 5.97 Å². The lowest BCUT2D eigenvalue weighted by molar-refractivity contribution is -0.124. The first-order chi connectivity index (χ1) is 12.1. The first-order valence-electron chi connectivity index (χ1n) is 8.67. The summed E-state index contributed by atoms with van der Waals surface area (Å²) in [6.07, 6.45) is 2.82. The normalized spacial score (nSPS) is 17.2. The number of hydrogen-bond donors (Lipinski definition) is 1. The van der Waals surface area contributed by atoms with Crippen molar-refractivity contribution in [2.24, 2.45) is 0 Å². The minimum atomic E-state index is -0.448. The molecule has 1 aliphatic heterocycles. The number of carbonyl (C=O) groups is 2. The molecule has 1 saturated carbocycles. The lowest BCUT2D eigenvalue weighted by Crippen LogP contribution is -2.32. The summed E-state index contributed by atoms with van der Waals surface area (Å²) in [5.41, 5.74) is 3.21. The fourth-order valence-corrected chi connectivity index (χ4v) is 3.26. The highest BCUT2D eigenvalue weighted by Gasteiger charge is 2.27. The predicted octanol–water partition coefficient (Wildman–Crippen LogP) is 1.66. The van der Waals surface area contributed by atoms with Crippen LogP contribution in [0.15, 0.2) is 24.3 Å². The summed E-state index contributed by atoms with van der Waals surface area (Å²) in [4.78, 5) is 31.5. The predicted molar refractivity (Wildman–Crippen MR) is 93.2 cm³/mol. The number of aromatic nitrogens is 1. The second-order valence-electron chi connectivity index (χ2n) is 6.83. The van der Waals surface area contributed by atoms with Crippen molar-refractivity contribution < 1.29 is 14.3 Å². The van der Waals surface area contributed by atoms with Gasteiger partial charge in [0, 0.05) is 42.2 Å². The van der Waals surface area contributed by atoms with Gasteiger partial charge < -0.3 is 15.0 Å². The van der Waals surface area contributed by atoms with Gasteiger partial charge in [0.1, 0.15) is 0 Å². The Hall–Kier alpha value is -2.47. The van der Waals surface area contributed by atoms with Crippen LogP contribution in [0.5, 0.6) is 0 Å². The number of esters is 1. The van der Waals surface area contributed by atoms with Gasteiger partial charge in [0.2, 0.25) is 0 Å². The third-order valence-electron chi connectivity index (χ3n) is 4.72. The minimum Gasteiger partial charge on any atom is -0.452 e. The van der Waals surface area contributed by atoms with Crippen molar-refractivity contribution in [1.29, 1.82) is 0 Å². The monoisotopic (exact) mass is 339 g/mol. The van der Waals surface area contributed by atoms with Crippen LogP contribution in [0.1, 0.15) is 34.5 Å². The van der Waals surface area contributed by atoms with E-state index in [2.05, 4.69) is 10.2 Å². The molecule has 0 unspecified atom stereocenters. The number of carbonyl (C=O) groups excluding carboxylic acids is 2. The molecular formula is C19H21N3O3. The van der Waals surface area contributed by atoms with Gasteiger partial charge in [-0.15, -0.1) is 0 Å². The van der Waals surface area contributed by atoms with Crippen LogP contribution in [0.4, 0.5) is 0 Å². The van der Waals surface area contributed by atoms with Crippen LogP contribution in [-0.2, 0) is 22.5 Å². The van der Waals surface area contributed by atoms with Gasteiger partial charge >= 0.3 is 5.97 Å². The Kier molecular flexibility index (Phi) is 4.13. The van der Waals surface area contributed by atoms with E-state index in [0.717, 1.165) is 48.0 Å². The van der Waals surface area contributed by atoms with Gasteiger partial charge in [-0.2, -0.15) is 0 Å². The number of pyridine rings is 1. The van der Waals surface area contributed by atoms with Crippen LogP contribution in [0.3, 0.4) is 0 Å². The van der Waals surface area contributed by atoms with Crippen molar-refractivity contribution in [3.05, 3.63) is 41.1 Å². The number of ether oxygens (including phenoxy) is 1. The largest absolute Gasteiger partial charge is 0.452 e. The SMILES string of the molecule is CN1CCc2nc3ccccc3c(C(=O)OCC(=O)NC3CC3)c2C1. The molecule has 2 heterocycles. The zero-order chi connectivity index (χ0) is 17.4. The van der Waals surface area contributed by atoms with Crippen LogP contribution in [0.2, 0.25) is 0 Å². The van der Waals surface area contributed by atoms with Crippen LogP contribution in [0, 0.1) is 0 Å². The highest BCUT2D eigenvalue weighted by molar-refractivity contribution is 6.05. The smallest absolute Gasteiger partial charge is 0.339 e. The van der Waals surface area contributed by atoms with Crippen LogP contribution >= 0.6 is 0 Å². The third-order valence-corrected chi connectivity index (χ3v) is 4.72. The molecule has 1 aromatic heterocycles. The molecule has 0 atom stereocenters. The van der Waals surface area contributed by atoms with Crippen LogP contribution in [0.25, 0.3) is 10.9 Å². The molecule has 4 rings (SSSR count). The summed E-state index contributed by atoms with van der Waals surface area (Å²) in [7, 11) is 2.02. The van der Waals surface area contributed by atoms with Crippen LogP contribution in [-0.4, -0.2) is 48.0 Å². The molecule has 130 valence electrons. The Labute approximate surface area is 146 Å². The molecule has 1 aliphatic carbocycles. The van der Waals surface area contributed by atoms with Gasteiger partial charge in [0.05, 0.1) is 11.1 Å². The number of amides is 1. The van der Waals surface area contributed by atoms with Crippen molar-refractivity contribution in [3.63, 3.8) is 0 Å². The summed E-state index contributed by atoms with van der Waals surface area (Å²) in [6, 6.07) is 7.85. The van der Waals surface area contributed by atoms with E-state index >= 15 is 0 Å². The van der Waals surface area contributed by atoms with E-state index in [0.29, 0.717) is 12.1 Å². The maximum absolute atomic E-state index is 12.8. The van der Waals surface area contributed by atoms with Gasteiger partial charge in [0.25, 0.3) is 5.91 Å². The molecule has 1 N–H and O–H groups in total. The standard InChI is InChI=1S/C19H21N3O3/c1-22-9-8-16-14(10-22)18(13-4-2-3-5-15(13)21-16)19(24)25-11-17(23)20-12-6-7-12/h2-5,12H,6-11H2,1H3,(H,20,23). The topological polar surface area (TPSA) is 71.5 Å². The molecule has 0 spiro atoms. The number of fused-ring (bicyclic) bond motifs is 2. The molecule has 1 aromatic carbocycles. The van der Waals surface area contributed by atoms with Crippen LogP contribution < -0.4 is 5.32 Å². The first kappa shape index (κ1) is 16.0. The van der Waals surface area contributed by atoms with Gasteiger partial charge in [-0.1, -0.05) is 18.2 Å². The summed E-state index contributed by atoms with van der Waals surface area (Å²) in [6.45, 7) is 1.33. The van der Waals surface area contributed by atoms with Crippen molar-refractivity contribution >= 4 is 22.8 Å². The number of hydrogen-bond acceptors (Lipinski definition) is 5. The molecular weight excluding hydrogens is 318 g/mol. The zero-order valence-corrected chi connectivity index (χ0v) is 14.2. The molecule has 2 aliphatic rings. The highest BCUT2D eigenvalue weighted by Crippen LogP contribution is 2.28. The highest BCUT2D eigenvalue weighted by atomic mass is 16.5. The fraction of sp³-hybridized carbons (Fsp3) is 0.421. The summed E-state index contributed by atoms with van der Waals surface area (Å²) in [5.74, 6) is -0.684. The van der Waals surface area contributed by atoms with Gasteiger partial charge in [-0.05, 0) is 26.0 Å². The minimum absolute atomic E-state index is 0.236. The van der Waals surface area contributed by atoms with E-state index in [1.807, 2.05) is 31.3 Å². The van der Waals surface area contributed by atoms with Gasteiger partial charge in [-0.3, -0.25) is 9.78 Å². The molecule has 6 nitrogen and oxygen atoms in total. The van der Waals surface area contributed by atoms with E-state index in [1.54, 1.807) is 0 Å². The second kappa shape index (κ2) is 6.44. The second-order valence-corrected chi connectivity index (χ2v) is 6.83. The number of benzene rings is 1. The average molecular weight is 339 g/mol. The molecule has 1 fully saturated rings. The van der Waals surface area contributed by atoms with Gasteiger partial charge in [-0.25, -0.2) is 4.79 Å². The van der Waals surface area contributed by atoms with Crippen molar-refractivity contribution in [3.8, 4) is 0 Å². The summed E-state index contributed by atoms with van der Waals surface area (Å²) < 4.78 is 5.33. The molecule has 2 aromatic rings. The number of rotatable bonds is 4. The molecule has 0 saturated heterocycles. The maximum atomic E-state index is 12.8. The van der Waals surface area contributed by atoms with Crippen molar-refractivity contribution in [2.45, 2.75) is 31.8 Å². The van der Waals surface area contributed by atoms with E-state index in [-0.39, 0.29) is 18.6 Å². The molecule has 6 heteroatoms. The first-order valence-corrected chi connectivity index (χ1v) is 8.67. The molecule has 1 amide bonds. The lowest BCUT2D eigenvalue weighted by Gasteiger charge is -2.26. The molecule has 0 bridgehead atoms. The Morgan fingerprint density at radius 3 is 2.92 bits per heavy atom. The van der Waals surface area contributed by atoms with E-state index in [4.69, 9.17) is 9.72 Å². The average Bonchev–Trinajstić information content (AvgIpc) is 3.41. The number of para-hydroxylation sites is 1.